The maximum absolute atomic E-state index is 13.3. The second kappa shape index (κ2) is 13.8. The molecule has 0 heterocycles. The number of methoxy groups -OCH3 is 1. The predicted octanol–water partition coefficient (Wildman–Crippen LogP) is 6.15. The Balaban J connectivity index is 1.39. The number of nitrogens with one attached hydrogen (secondary N) is 1. The zero-order valence-corrected chi connectivity index (χ0v) is 22.5. The van der Waals surface area contributed by atoms with Crippen molar-refractivity contribution in [2.45, 2.75) is 26.3 Å². The molecule has 0 aromatic heterocycles. The van der Waals surface area contributed by atoms with Crippen molar-refractivity contribution < 1.29 is 14.3 Å². The average molecular weight is 519 g/mol. The summed E-state index contributed by atoms with van der Waals surface area (Å²) in [4.78, 5) is 27.6. The normalized spacial score (nSPS) is 10.8. The van der Waals surface area contributed by atoms with E-state index in [-0.39, 0.29) is 18.2 Å². The molecule has 0 atom stereocenters. The lowest BCUT2D eigenvalue weighted by atomic mass is 10.1. The van der Waals surface area contributed by atoms with E-state index in [9.17, 15) is 9.59 Å². The van der Waals surface area contributed by atoms with Crippen molar-refractivity contribution >= 4 is 23.6 Å². The van der Waals surface area contributed by atoms with E-state index in [2.05, 4.69) is 11.4 Å². The van der Waals surface area contributed by atoms with Crippen molar-refractivity contribution in [3.05, 3.63) is 137 Å². The molecule has 2 amide bonds. The summed E-state index contributed by atoms with van der Waals surface area (Å²) < 4.78 is 5.18. The Kier molecular flexibility index (Phi) is 9.68. The number of nitrogens with zero attached hydrogens (tertiary/aromatic N) is 1. The van der Waals surface area contributed by atoms with E-state index in [1.54, 1.807) is 18.1 Å². The third-order valence-electron chi connectivity index (χ3n) is 6.41. The highest BCUT2D eigenvalue weighted by atomic mass is 16.5. The molecule has 0 spiro atoms. The SMILES string of the molecule is COc1ccc(CCNC(=O)Cc2ccc(N(Cc3cccc(C)c3)C(=O)C=Cc3ccccc3)cc2)cc1. The number of benzene rings is 4. The Morgan fingerprint density at radius 2 is 1.54 bits per heavy atom. The van der Waals surface area contributed by atoms with E-state index in [0.717, 1.165) is 45.7 Å². The van der Waals surface area contributed by atoms with Crippen LogP contribution in [0, 0.1) is 6.92 Å². The molecule has 0 radical (unpaired) electrons. The van der Waals surface area contributed by atoms with E-state index in [1.165, 1.54) is 0 Å². The fourth-order valence-electron chi connectivity index (χ4n) is 4.29. The van der Waals surface area contributed by atoms with Crippen LogP contribution in [-0.4, -0.2) is 25.5 Å². The van der Waals surface area contributed by atoms with Gasteiger partial charge in [-0.25, -0.2) is 0 Å². The van der Waals surface area contributed by atoms with Gasteiger partial charge < -0.3 is 15.0 Å². The first-order chi connectivity index (χ1) is 19.0. The highest BCUT2D eigenvalue weighted by Crippen LogP contribution is 2.20. The summed E-state index contributed by atoms with van der Waals surface area (Å²) >= 11 is 0. The zero-order valence-electron chi connectivity index (χ0n) is 22.5. The van der Waals surface area contributed by atoms with Gasteiger partial charge in [0.15, 0.2) is 0 Å². The van der Waals surface area contributed by atoms with Crippen LogP contribution < -0.4 is 15.0 Å². The van der Waals surface area contributed by atoms with Crippen LogP contribution in [0.3, 0.4) is 0 Å². The van der Waals surface area contributed by atoms with Gasteiger partial charge in [0.05, 0.1) is 20.1 Å². The Morgan fingerprint density at radius 3 is 2.23 bits per heavy atom. The molecule has 198 valence electrons. The number of carbonyl (C=O) groups is 2. The largest absolute Gasteiger partial charge is 0.497 e. The minimum atomic E-state index is -0.107. The molecular weight excluding hydrogens is 484 g/mol. The van der Waals surface area contributed by atoms with Crippen LogP contribution in [-0.2, 0) is 29.0 Å². The minimum Gasteiger partial charge on any atom is -0.497 e. The molecular formula is C34H34N2O3. The number of anilines is 1. The van der Waals surface area contributed by atoms with Gasteiger partial charge in [0.25, 0.3) is 5.91 Å². The maximum atomic E-state index is 13.3. The van der Waals surface area contributed by atoms with E-state index >= 15 is 0 Å². The van der Waals surface area contributed by atoms with Crippen LogP contribution in [0.25, 0.3) is 6.08 Å². The standard InChI is InChI=1S/C34H34N2O3/c1-26-7-6-10-30(23-26)25-36(34(38)20-15-27-8-4-3-5-9-27)31-16-11-29(12-17-31)24-33(37)35-22-21-28-13-18-32(39-2)19-14-28/h3-20,23H,21-22,24-25H2,1-2H3,(H,35,37). The van der Waals surface area contributed by atoms with Crippen molar-refractivity contribution in [3.63, 3.8) is 0 Å². The van der Waals surface area contributed by atoms with Gasteiger partial charge in [0, 0.05) is 18.3 Å². The Morgan fingerprint density at radius 1 is 0.821 bits per heavy atom. The summed E-state index contributed by atoms with van der Waals surface area (Å²) in [7, 11) is 1.64. The molecule has 0 fully saturated rings. The smallest absolute Gasteiger partial charge is 0.251 e. The number of ether oxygens (including phenoxy) is 1. The van der Waals surface area contributed by atoms with Gasteiger partial charge in [-0.05, 0) is 65.9 Å². The molecule has 0 unspecified atom stereocenters. The lowest BCUT2D eigenvalue weighted by molar-refractivity contribution is -0.120. The van der Waals surface area contributed by atoms with Crippen molar-refractivity contribution in [1.82, 2.24) is 5.32 Å². The highest BCUT2D eigenvalue weighted by molar-refractivity contribution is 6.03. The summed E-state index contributed by atoms with van der Waals surface area (Å²) in [6, 6.07) is 33.4. The third-order valence-corrected chi connectivity index (χ3v) is 6.41. The molecule has 0 aliphatic carbocycles. The summed E-state index contributed by atoms with van der Waals surface area (Å²) in [5.74, 6) is 0.678. The quantitative estimate of drug-likeness (QED) is 0.242. The van der Waals surface area contributed by atoms with Crippen LogP contribution in [0.15, 0.2) is 109 Å². The van der Waals surface area contributed by atoms with Gasteiger partial charge in [-0.15, -0.1) is 0 Å². The molecule has 0 saturated carbocycles. The monoisotopic (exact) mass is 518 g/mol. The van der Waals surface area contributed by atoms with E-state index in [0.29, 0.717) is 13.1 Å². The Bertz CT molecular complexity index is 1390. The number of hydrogen-bond donors (Lipinski definition) is 1. The van der Waals surface area contributed by atoms with Gasteiger partial charge in [-0.2, -0.15) is 0 Å². The summed E-state index contributed by atoms with van der Waals surface area (Å²) in [5, 5.41) is 2.99. The van der Waals surface area contributed by atoms with Crippen LogP contribution in [0.4, 0.5) is 5.69 Å². The maximum Gasteiger partial charge on any atom is 0.251 e. The van der Waals surface area contributed by atoms with Gasteiger partial charge in [-0.3, -0.25) is 9.59 Å². The van der Waals surface area contributed by atoms with Gasteiger partial charge in [0.2, 0.25) is 5.91 Å². The van der Waals surface area contributed by atoms with Gasteiger partial charge >= 0.3 is 0 Å². The fraction of sp³-hybridized carbons (Fsp3) is 0.176. The molecule has 4 aromatic rings. The Hall–Kier alpha value is -4.64. The fourth-order valence-corrected chi connectivity index (χ4v) is 4.29. The lowest BCUT2D eigenvalue weighted by Gasteiger charge is -2.22. The third kappa shape index (κ3) is 8.44. The van der Waals surface area contributed by atoms with Gasteiger partial charge in [-0.1, -0.05) is 84.4 Å². The number of hydrogen-bond acceptors (Lipinski definition) is 3. The molecule has 0 saturated heterocycles. The molecule has 4 rings (SSSR count). The minimum absolute atomic E-state index is 0.0326. The molecule has 5 heteroatoms. The first kappa shape index (κ1) is 27.4. The van der Waals surface area contributed by atoms with Crippen molar-refractivity contribution in [1.29, 1.82) is 0 Å². The Labute approximate surface area is 230 Å². The topological polar surface area (TPSA) is 58.6 Å². The summed E-state index contributed by atoms with van der Waals surface area (Å²) in [6.45, 7) is 3.06. The highest BCUT2D eigenvalue weighted by Gasteiger charge is 2.15. The van der Waals surface area contributed by atoms with Crippen molar-refractivity contribution in [2.75, 3.05) is 18.6 Å². The molecule has 1 N–H and O–H groups in total. The molecule has 0 aliphatic rings. The second-order valence-electron chi connectivity index (χ2n) is 9.45. The lowest BCUT2D eigenvalue weighted by Crippen LogP contribution is -2.29. The van der Waals surface area contributed by atoms with Crippen LogP contribution >= 0.6 is 0 Å². The summed E-state index contributed by atoms with van der Waals surface area (Å²) in [5.41, 5.74) is 5.98. The molecule has 5 nitrogen and oxygen atoms in total. The molecule has 0 aliphatic heterocycles. The second-order valence-corrected chi connectivity index (χ2v) is 9.45. The van der Waals surface area contributed by atoms with Crippen LogP contribution in [0.5, 0.6) is 5.75 Å². The zero-order chi connectivity index (χ0) is 27.5. The van der Waals surface area contributed by atoms with Gasteiger partial charge in [0.1, 0.15) is 5.75 Å². The first-order valence-corrected chi connectivity index (χ1v) is 13.1. The van der Waals surface area contributed by atoms with E-state index in [4.69, 9.17) is 4.74 Å². The average Bonchev–Trinajstić information content (AvgIpc) is 2.96. The van der Waals surface area contributed by atoms with E-state index < -0.39 is 0 Å². The summed E-state index contributed by atoms with van der Waals surface area (Å²) in [6.07, 6.45) is 4.47. The van der Waals surface area contributed by atoms with Crippen molar-refractivity contribution in [2.24, 2.45) is 0 Å². The molecule has 39 heavy (non-hydrogen) atoms. The van der Waals surface area contributed by atoms with Crippen LogP contribution in [0.1, 0.15) is 27.8 Å². The number of aryl methyl sites for hydroxylation is 1. The number of rotatable bonds is 11. The molecule has 4 aromatic carbocycles. The first-order valence-electron chi connectivity index (χ1n) is 13.1. The van der Waals surface area contributed by atoms with Crippen LogP contribution in [0.2, 0.25) is 0 Å². The van der Waals surface area contributed by atoms with Crippen molar-refractivity contribution in [3.8, 4) is 5.75 Å². The predicted molar refractivity (Wildman–Crippen MR) is 158 cm³/mol. The number of amides is 2. The number of carbonyl (C=O) groups excluding carboxylic acids is 2. The molecule has 0 bridgehead atoms. The van der Waals surface area contributed by atoms with E-state index in [1.807, 2.05) is 110 Å².